The van der Waals surface area contributed by atoms with Crippen LogP contribution in [0.3, 0.4) is 0 Å². The van der Waals surface area contributed by atoms with Gasteiger partial charge >= 0.3 is 5.97 Å². The molecule has 1 aromatic carbocycles. The second-order valence-corrected chi connectivity index (χ2v) is 7.53. The summed E-state index contributed by atoms with van der Waals surface area (Å²) in [5.41, 5.74) is 0.836. The molecular weight excluding hydrogens is 358 g/mol. The van der Waals surface area contributed by atoms with E-state index in [0.717, 1.165) is 12.0 Å². The molecule has 1 atom stereocenters. The number of thiophene rings is 1. The first-order valence-electron chi connectivity index (χ1n) is 8.18. The molecular formula is C19H22ClNO3S. The Bertz CT molecular complexity index is 683. The quantitative estimate of drug-likeness (QED) is 0.704. The van der Waals surface area contributed by atoms with Crippen molar-refractivity contribution in [1.82, 2.24) is 5.32 Å². The lowest BCUT2D eigenvalue weighted by atomic mass is 9.88. The van der Waals surface area contributed by atoms with Crippen molar-refractivity contribution in [2.75, 3.05) is 13.2 Å². The largest absolute Gasteiger partial charge is 0.455 e. The first-order valence-corrected chi connectivity index (χ1v) is 9.44. The van der Waals surface area contributed by atoms with Crippen LogP contribution in [0.5, 0.6) is 0 Å². The van der Waals surface area contributed by atoms with Crippen LogP contribution in [0.25, 0.3) is 0 Å². The molecule has 1 N–H and O–H groups in total. The fourth-order valence-corrected chi connectivity index (χ4v) is 3.36. The van der Waals surface area contributed by atoms with Crippen molar-refractivity contribution in [1.29, 1.82) is 0 Å². The van der Waals surface area contributed by atoms with E-state index in [0.29, 0.717) is 11.6 Å². The normalized spacial score (nSPS) is 12.0. The third-order valence-corrected chi connectivity index (χ3v) is 4.96. The topological polar surface area (TPSA) is 55.4 Å². The molecule has 1 aromatic heterocycles. The van der Waals surface area contributed by atoms with Gasteiger partial charge in [0, 0.05) is 16.4 Å². The predicted octanol–water partition coefficient (Wildman–Crippen LogP) is 4.04. The minimum Gasteiger partial charge on any atom is -0.455 e. The second kappa shape index (κ2) is 9.59. The molecule has 134 valence electrons. The number of carbonyl (C=O) groups excluding carboxylic acids is 2. The molecule has 0 aliphatic heterocycles. The van der Waals surface area contributed by atoms with Gasteiger partial charge in [0.25, 0.3) is 5.91 Å². The Morgan fingerprint density at radius 3 is 2.52 bits per heavy atom. The van der Waals surface area contributed by atoms with E-state index in [2.05, 4.69) is 5.32 Å². The molecule has 0 radical (unpaired) electrons. The van der Waals surface area contributed by atoms with Crippen molar-refractivity contribution < 1.29 is 14.3 Å². The van der Waals surface area contributed by atoms with Crippen LogP contribution in [0.15, 0.2) is 41.8 Å². The summed E-state index contributed by atoms with van der Waals surface area (Å²) in [7, 11) is 0. The van der Waals surface area contributed by atoms with Crippen molar-refractivity contribution in [3.05, 3.63) is 57.2 Å². The summed E-state index contributed by atoms with van der Waals surface area (Å²) < 4.78 is 5.22. The minimum atomic E-state index is -0.420. The molecule has 6 heteroatoms. The standard InChI is InChI=1S/C19H22ClNO3S/c1-13(2)18(14-5-7-15(20)8-6-14)19(23)24-12-17(22)21-10-9-16-4-3-11-25-16/h3-8,11,13,18H,9-10,12H2,1-2H3,(H,21,22)/t18-/m0/s1. The average Bonchev–Trinajstić information content (AvgIpc) is 3.08. The highest BCUT2D eigenvalue weighted by atomic mass is 35.5. The fraction of sp³-hybridized carbons (Fsp3) is 0.368. The molecule has 2 rings (SSSR count). The lowest BCUT2D eigenvalue weighted by Gasteiger charge is -2.19. The number of esters is 1. The summed E-state index contributed by atoms with van der Waals surface area (Å²) in [5, 5.41) is 5.38. The zero-order valence-electron chi connectivity index (χ0n) is 14.3. The third-order valence-electron chi connectivity index (χ3n) is 3.77. The van der Waals surface area contributed by atoms with Crippen molar-refractivity contribution in [3.8, 4) is 0 Å². The predicted molar refractivity (Wildman–Crippen MR) is 101 cm³/mol. The highest BCUT2D eigenvalue weighted by Crippen LogP contribution is 2.27. The molecule has 0 aliphatic rings. The van der Waals surface area contributed by atoms with Crippen LogP contribution in [0.4, 0.5) is 0 Å². The van der Waals surface area contributed by atoms with Gasteiger partial charge in [-0.25, -0.2) is 0 Å². The SMILES string of the molecule is CC(C)[C@H](C(=O)OCC(=O)NCCc1cccs1)c1ccc(Cl)cc1. The van der Waals surface area contributed by atoms with Crippen LogP contribution >= 0.6 is 22.9 Å². The number of hydrogen-bond donors (Lipinski definition) is 1. The molecule has 0 saturated heterocycles. The Hall–Kier alpha value is -1.85. The maximum atomic E-state index is 12.4. The summed E-state index contributed by atoms with van der Waals surface area (Å²) in [4.78, 5) is 25.5. The maximum Gasteiger partial charge on any atom is 0.314 e. The lowest BCUT2D eigenvalue weighted by molar-refractivity contribution is -0.151. The molecule has 0 unspecified atom stereocenters. The van der Waals surface area contributed by atoms with Gasteiger partial charge in [-0.1, -0.05) is 43.6 Å². The molecule has 0 fully saturated rings. The molecule has 1 amide bonds. The molecule has 2 aromatic rings. The first-order chi connectivity index (χ1) is 12.0. The van der Waals surface area contributed by atoms with Crippen molar-refractivity contribution in [3.63, 3.8) is 0 Å². The smallest absolute Gasteiger partial charge is 0.314 e. The van der Waals surface area contributed by atoms with Crippen LogP contribution in [0.1, 0.15) is 30.2 Å². The molecule has 4 nitrogen and oxygen atoms in total. The molecule has 0 bridgehead atoms. The van der Waals surface area contributed by atoms with E-state index in [-0.39, 0.29) is 18.4 Å². The van der Waals surface area contributed by atoms with Gasteiger partial charge in [0.2, 0.25) is 0 Å². The van der Waals surface area contributed by atoms with Gasteiger partial charge in [-0.3, -0.25) is 9.59 Å². The average molecular weight is 380 g/mol. The molecule has 0 aliphatic carbocycles. The zero-order chi connectivity index (χ0) is 18.2. The van der Waals surface area contributed by atoms with E-state index in [4.69, 9.17) is 16.3 Å². The summed E-state index contributed by atoms with van der Waals surface area (Å²) in [5.74, 6) is -1.05. The van der Waals surface area contributed by atoms with Crippen LogP contribution in [-0.2, 0) is 20.7 Å². The number of hydrogen-bond acceptors (Lipinski definition) is 4. The van der Waals surface area contributed by atoms with Crippen LogP contribution < -0.4 is 5.32 Å². The monoisotopic (exact) mass is 379 g/mol. The molecule has 25 heavy (non-hydrogen) atoms. The molecule has 0 spiro atoms. The van der Waals surface area contributed by atoms with Crippen LogP contribution in [-0.4, -0.2) is 25.0 Å². The molecule has 0 saturated carbocycles. The Balaban J connectivity index is 1.82. The zero-order valence-corrected chi connectivity index (χ0v) is 15.9. The van der Waals surface area contributed by atoms with Gasteiger partial charge in [0.05, 0.1) is 5.92 Å². The minimum absolute atomic E-state index is 0.0514. The van der Waals surface area contributed by atoms with Crippen LogP contribution in [0, 0.1) is 5.92 Å². The highest BCUT2D eigenvalue weighted by Gasteiger charge is 2.26. The van der Waals surface area contributed by atoms with E-state index in [1.54, 1.807) is 23.5 Å². The van der Waals surface area contributed by atoms with E-state index in [1.807, 2.05) is 43.5 Å². The number of amides is 1. The Labute approximate surface area is 157 Å². The number of carbonyl (C=O) groups is 2. The first kappa shape index (κ1) is 19.5. The van der Waals surface area contributed by atoms with E-state index in [1.165, 1.54) is 4.88 Å². The summed E-state index contributed by atoms with van der Waals surface area (Å²) in [6, 6.07) is 11.1. The van der Waals surface area contributed by atoms with Crippen LogP contribution in [0.2, 0.25) is 5.02 Å². The van der Waals surface area contributed by atoms with Gasteiger partial charge in [0.15, 0.2) is 6.61 Å². The fourth-order valence-electron chi connectivity index (χ4n) is 2.52. The maximum absolute atomic E-state index is 12.4. The summed E-state index contributed by atoms with van der Waals surface area (Å²) in [6.07, 6.45) is 0.775. The second-order valence-electron chi connectivity index (χ2n) is 6.06. The van der Waals surface area contributed by atoms with E-state index >= 15 is 0 Å². The third kappa shape index (κ3) is 6.18. The van der Waals surface area contributed by atoms with E-state index < -0.39 is 11.9 Å². The molecule has 1 heterocycles. The Morgan fingerprint density at radius 1 is 1.20 bits per heavy atom. The van der Waals surface area contributed by atoms with Gasteiger partial charge < -0.3 is 10.1 Å². The number of nitrogens with one attached hydrogen (secondary N) is 1. The number of halogens is 1. The van der Waals surface area contributed by atoms with Gasteiger partial charge in [-0.2, -0.15) is 0 Å². The Kier molecular flexibility index (Phi) is 7.47. The summed E-state index contributed by atoms with van der Waals surface area (Å²) in [6.45, 7) is 4.16. The van der Waals surface area contributed by atoms with Crippen molar-refractivity contribution in [2.45, 2.75) is 26.2 Å². The van der Waals surface area contributed by atoms with Gasteiger partial charge in [-0.05, 0) is 41.5 Å². The Morgan fingerprint density at radius 2 is 1.92 bits per heavy atom. The summed E-state index contributed by atoms with van der Waals surface area (Å²) >= 11 is 7.55. The van der Waals surface area contributed by atoms with Gasteiger partial charge in [0.1, 0.15) is 0 Å². The van der Waals surface area contributed by atoms with E-state index in [9.17, 15) is 9.59 Å². The van der Waals surface area contributed by atoms with Gasteiger partial charge in [-0.15, -0.1) is 11.3 Å². The number of benzene rings is 1. The van der Waals surface area contributed by atoms with Crippen molar-refractivity contribution in [2.24, 2.45) is 5.92 Å². The highest BCUT2D eigenvalue weighted by molar-refractivity contribution is 7.09. The lowest BCUT2D eigenvalue weighted by Crippen LogP contribution is -2.32. The number of ether oxygens (including phenoxy) is 1. The number of rotatable bonds is 8. The van der Waals surface area contributed by atoms with Crippen molar-refractivity contribution >= 4 is 34.8 Å².